The maximum absolute atomic E-state index is 11.7. The Kier molecular flexibility index (Phi) is 1.17. The fourth-order valence-electron chi connectivity index (χ4n) is 1.69. The Hall–Kier alpha value is -2.01. The summed E-state index contributed by atoms with van der Waals surface area (Å²) in [6.07, 6.45) is -8.78. The fourth-order valence-corrected chi connectivity index (χ4v) is 1.69. The molecule has 1 saturated heterocycles. The predicted octanol–water partition coefficient (Wildman–Crippen LogP) is 1.92. The number of carbonyl (C=O) groups excluding carboxylic acids is 1. The van der Waals surface area contributed by atoms with E-state index < -0.39 is 98.3 Å². The molecule has 0 saturated carbocycles. The first-order chi connectivity index (χ1) is 16.9. The molecule has 1 fully saturated rings. The van der Waals surface area contributed by atoms with Crippen molar-refractivity contribution in [1.29, 1.82) is 0 Å². The van der Waals surface area contributed by atoms with Crippen molar-refractivity contribution >= 4 is 17.0 Å². The Morgan fingerprint density at radius 1 is 1.67 bits per heavy atom. The van der Waals surface area contributed by atoms with Gasteiger partial charge in [0, 0.05) is 37.3 Å². The summed E-state index contributed by atoms with van der Waals surface area (Å²) < 4.78 is 141. The van der Waals surface area contributed by atoms with Crippen LogP contribution in [-0.4, -0.2) is 49.1 Å². The van der Waals surface area contributed by atoms with Crippen LogP contribution in [0.3, 0.4) is 0 Å². The van der Waals surface area contributed by atoms with Gasteiger partial charge in [-0.15, -0.1) is 0 Å². The van der Waals surface area contributed by atoms with Gasteiger partial charge in [-0.1, -0.05) is 6.04 Å². The lowest BCUT2D eigenvalue weighted by Crippen LogP contribution is -2.28. The smallest absolute Gasteiger partial charge is 0.407 e. The van der Waals surface area contributed by atoms with Crippen LogP contribution < -0.4 is 5.31 Å². The Morgan fingerprint density at radius 2 is 2.57 bits per heavy atom. The zero-order valence-electron chi connectivity index (χ0n) is 27.6. The Bertz CT molecular complexity index is 1290. The second-order valence-electron chi connectivity index (χ2n) is 4.07. The summed E-state index contributed by atoms with van der Waals surface area (Å²) in [5.74, 6) is 0. The number of carbonyl (C=O) groups is 1. The molecule has 0 bridgehead atoms. The molecular weight excluding hydrogens is 266 g/mol. The van der Waals surface area contributed by atoms with Crippen LogP contribution in [0, 0.1) is 0 Å². The van der Waals surface area contributed by atoms with Crippen molar-refractivity contribution in [3.05, 3.63) is 35.4 Å². The van der Waals surface area contributed by atoms with Crippen LogP contribution in [0.1, 0.15) is 31.7 Å². The van der Waals surface area contributed by atoms with Gasteiger partial charge in [0.15, 0.2) is 2.82 Å². The topological polar surface area (TPSA) is 57.4 Å². The van der Waals surface area contributed by atoms with E-state index in [9.17, 15) is 4.79 Å². The molecule has 0 aliphatic carbocycles. The number of hydrogen-bond acceptors (Lipinski definition) is 3. The highest BCUT2D eigenvalue weighted by Crippen LogP contribution is 2.21. The number of aromatic amines is 1. The molecule has 3 rings (SSSR count). The van der Waals surface area contributed by atoms with E-state index in [2.05, 4.69) is 4.74 Å². The number of hydrogen-bond donors (Lipinski definition) is 2. The minimum atomic E-state index is -3.34. The van der Waals surface area contributed by atoms with Gasteiger partial charge in [-0.25, -0.2) is 4.79 Å². The van der Waals surface area contributed by atoms with Crippen LogP contribution in [0.25, 0.3) is 10.9 Å². The third-order valence-electron chi connectivity index (χ3n) is 2.56. The zero-order valence-corrected chi connectivity index (χ0v) is 10.6. The molecule has 112 valence electrons. The molecule has 1 aliphatic heterocycles. The van der Waals surface area contributed by atoms with Crippen molar-refractivity contribution in [3.8, 4) is 0 Å². The molecular formula is C16H21N3O2. The summed E-state index contributed by atoms with van der Waals surface area (Å²) in [5, 5.41) is -0.924. The minimum Gasteiger partial charge on any atom is -0.447 e. The lowest BCUT2D eigenvalue weighted by molar-refractivity contribution is 0.177. The quantitative estimate of drug-likeness (QED) is 0.887. The molecule has 1 aromatic carbocycles. The Labute approximate surface area is 148 Å². The standard InChI is InChI=1S/C16H21N3O2/c1-19(2)6-5-12-9-17-15-4-3-11(8-14(12)15)7-13-10-21-16(20)18-13/h3-4,8-9,13,17H,5-7,10H2,1-2H3,(H,18,20)/t13-/m0/s1/i1D3,2D3,3D,4D,5D2,7D2,8D,9D,13D/hD2. The number of fused-ring (bicyclic) bond motifs is 1. The highest BCUT2D eigenvalue weighted by Gasteiger charge is 2.22. The van der Waals surface area contributed by atoms with E-state index in [4.69, 9.17) is 23.4 Å². The van der Waals surface area contributed by atoms with Gasteiger partial charge in [0.05, 0.1) is 12.9 Å². The van der Waals surface area contributed by atoms with Gasteiger partial charge in [0.2, 0.25) is 0 Å². The molecule has 5 heteroatoms. The molecule has 0 unspecified atom stereocenters. The molecule has 0 radical (unpaired) electrons. The summed E-state index contributed by atoms with van der Waals surface area (Å²) in [6, 6.07) is -5.94. The van der Waals surface area contributed by atoms with Gasteiger partial charge in [-0.3, -0.25) is 0 Å². The van der Waals surface area contributed by atoms with Crippen LogP contribution in [-0.2, 0) is 17.5 Å². The maximum Gasteiger partial charge on any atom is 0.407 e. The second kappa shape index (κ2) is 5.77. The number of likely N-dealkylation sites (N-methyl/N-ethyl adjacent to an activating group) is 1. The van der Waals surface area contributed by atoms with Gasteiger partial charge in [0.1, 0.15) is 6.61 Å². The van der Waals surface area contributed by atoms with E-state index in [-0.39, 0.29) is 15.2 Å². The molecule has 1 atom stereocenters. The Morgan fingerprint density at radius 3 is 3.33 bits per heavy atom. The summed E-state index contributed by atoms with van der Waals surface area (Å²) in [7, 11) is 0. The minimum absolute atomic E-state index is 0.144. The third kappa shape index (κ3) is 3.19. The van der Waals surface area contributed by atoms with Crippen molar-refractivity contribution in [3.63, 3.8) is 0 Å². The van der Waals surface area contributed by atoms with Gasteiger partial charge >= 0.3 is 6.09 Å². The summed E-state index contributed by atoms with van der Waals surface area (Å²) >= 11 is 0. The van der Waals surface area contributed by atoms with E-state index in [1.54, 1.807) is 0 Å². The number of cyclic esters (lactones) is 1. The molecule has 1 amide bonds. The Balaban J connectivity index is 2.39. The maximum atomic E-state index is 11.7. The molecule has 1 aromatic heterocycles. The average molecular weight is 304 g/mol. The van der Waals surface area contributed by atoms with Crippen LogP contribution in [0.15, 0.2) is 24.3 Å². The van der Waals surface area contributed by atoms with Gasteiger partial charge < -0.3 is 19.9 Å². The van der Waals surface area contributed by atoms with E-state index in [0.717, 1.165) is 0 Å². The van der Waals surface area contributed by atoms with Crippen LogP contribution in [0.5, 0.6) is 0 Å². The molecule has 2 N–H and O–H groups in total. The number of aromatic nitrogens is 1. The SMILES string of the molecule is [2H]c1c(C([2H])([2H])[C@@]2([2H])COC(=O)N2[2H])c([2H])c2c(C([2H])([2H])CN(C([2H])([2H])[2H])C([2H])([2H])[2H])c([2H])n([2H])c2c1[2H]. The first kappa shape index (κ1) is 4.26. The molecule has 2 aromatic rings. The number of rotatable bonds is 5. The summed E-state index contributed by atoms with van der Waals surface area (Å²) in [6.45, 7) is -9.08. The van der Waals surface area contributed by atoms with Gasteiger partial charge in [-0.2, -0.15) is 0 Å². The van der Waals surface area contributed by atoms with Crippen molar-refractivity contribution in [2.24, 2.45) is 0 Å². The van der Waals surface area contributed by atoms with E-state index in [0.29, 0.717) is 0 Å². The lowest BCUT2D eigenvalue weighted by Gasteiger charge is -2.09. The first-order valence-corrected chi connectivity index (χ1v) is 5.81. The number of ether oxygens (including phenoxy) is 1. The van der Waals surface area contributed by atoms with Gasteiger partial charge in [0.25, 0.3) is 0 Å². The summed E-state index contributed by atoms with van der Waals surface area (Å²) in [4.78, 5) is 11.7. The predicted molar refractivity (Wildman–Crippen MR) is 82.5 cm³/mol. The van der Waals surface area contributed by atoms with E-state index in [1.165, 1.54) is 0 Å². The van der Waals surface area contributed by atoms with Crippen LogP contribution in [0.2, 0.25) is 2.82 Å². The average Bonchev–Trinajstić information content (AvgIpc) is 3.18. The normalized spacial score (nSPS) is 36.5. The number of nitrogens with zero attached hydrogens (tertiary/aromatic N) is 1. The zero-order chi connectivity index (χ0) is 29.5. The highest BCUT2D eigenvalue weighted by molar-refractivity contribution is 5.84. The number of amides is 1. The molecule has 1 aliphatic rings. The molecule has 2 heterocycles. The van der Waals surface area contributed by atoms with Crippen molar-refractivity contribution in [1.82, 2.24) is 15.2 Å². The molecule has 21 heavy (non-hydrogen) atoms. The fraction of sp³-hybridized carbons (Fsp3) is 0.438. The number of nitrogens with one attached hydrogen (secondary N) is 2. The van der Waals surface area contributed by atoms with E-state index in [1.807, 2.05) is 0 Å². The van der Waals surface area contributed by atoms with E-state index >= 15 is 0 Å². The highest BCUT2D eigenvalue weighted by atomic mass is 16.6. The van der Waals surface area contributed by atoms with Crippen LogP contribution >= 0.6 is 0 Å². The lowest BCUT2D eigenvalue weighted by atomic mass is 10.0. The van der Waals surface area contributed by atoms with Crippen LogP contribution in [0.4, 0.5) is 4.79 Å². The van der Waals surface area contributed by atoms with Gasteiger partial charge in [-0.05, 0) is 49.9 Å². The molecule has 5 nitrogen and oxygen atoms in total. The summed E-state index contributed by atoms with van der Waals surface area (Å²) in [5.41, 5.74) is -2.66. The molecule has 0 spiro atoms. The monoisotopic (exact) mass is 304 g/mol. The first-order valence-electron chi connectivity index (χ1n) is 14.2. The largest absolute Gasteiger partial charge is 0.447 e. The second-order valence-corrected chi connectivity index (χ2v) is 4.07. The number of benzene rings is 1. The number of alkyl carbamates (subject to hydrolysis) is 1. The number of H-pyrrole nitrogens is 1. The van der Waals surface area contributed by atoms with Crippen molar-refractivity contribution < 1.29 is 32.9 Å². The van der Waals surface area contributed by atoms with Crippen molar-refractivity contribution in [2.45, 2.75) is 18.8 Å². The third-order valence-corrected chi connectivity index (χ3v) is 2.56. The van der Waals surface area contributed by atoms with Crippen molar-refractivity contribution in [2.75, 3.05) is 27.1 Å².